The Morgan fingerprint density at radius 3 is 2.71 bits per heavy atom. The molecule has 0 N–H and O–H groups in total. The maximum atomic E-state index is 12.8. The average Bonchev–Trinajstić information content (AvgIpc) is 2.60. The van der Waals surface area contributed by atoms with Gasteiger partial charge in [-0.2, -0.15) is 21.3 Å². The predicted molar refractivity (Wildman–Crippen MR) is 85.8 cm³/mol. The van der Waals surface area contributed by atoms with Gasteiger partial charge in [-0.15, -0.1) is 0 Å². The molecule has 1 saturated heterocycles. The molecule has 0 aliphatic carbocycles. The third-order valence-corrected chi connectivity index (χ3v) is 7.14. The summed E-state index contributed by atoms with van der Waals surface area (Å²) in [7, 11) is -3.53. The standard InChI is InChI=1S/C15H20N2O2S2/c1-12-4-5-13(11-16)10-14(12)21(18,19)17-7-6-15(2,3)20-9-8-17/h4-5,10H,6-9H2,1-3H3. The first-order valence-electron chi connectivity index (χ1n) is 6.91. The Balaban J connectivity index is 2.36. The molecule has 0 bridgehead atoms. The highest BCUT2D eigenvalue weighted by Gasteiger charge is 2.31. The summed E-state index contributed by atoms with van der Waals surface area (Å²) in [6.45, 7) is 7.11. The van der Waals surface area contributed by atoms with Gasteiger partial charge in [0.05, 0.1) is 16.5 Å². The van der Waals surface area contributed by atoms with Gasteiger partial charge in [-0.1, -0.05) is 19.9 Å². The smallest absolute Gasteiger partial charge is 0.207 e. The molecule has 0 atom stereocenters. The molecule has 21 heavy (non-hydrogen) atoms. The third kappa shape index (κ3) is 3.60. The van der Waals surface area contributed by atoms with E-state index in [-0.39, 0.29) is 9.64 Å². The number of aryl methyl sites for hydroxylation is 1. The van der Waals surface area contributed by atoms with Crippen molar-refractivity contribution >= 4 is 21.8 Å². The van der Waals surface area contributed by atoms with Crippen molar-refractivity contribution in [3.8, 4) is 6.07 Å². The zero-order valence-electron chi connectivity index (χ0n) is 12.6. The number of thioether (sulfide) groups is 1. The second kappa shape index (κ2) is 5.99. The fraction of sp³-hybridized carbons (Fsp3) is 0.533. The molecule has 0 amide bonds. The topological polar surface area (TPSA) is 61.2 Å². The number of hydrogen-bond acceptors (Lipinski definition) is 4. The van der Waals surface area contributed by atoms with Crippen LogP contribution in [0.1, 0.15) is 31.4 Å². The number of sulfonamides is 1. The van der Waals surface area contributed by atoms with Crippen LogP contribution in [0.25, 0.3) is 0 Å². The van der Waals surface area contributed by atoms with Crippen LogP contribution in [-0.2, 0) is 10.0 Å². The number of nitriles is 1. The van der Waals surface area contributed by atoms with E-state index in [1.807, 2.05) is 17.8 Å². The summed E-state index contributed by atoms with van der Waals surface area (Å²) >= 11 is 1.81. The minimum absolute atomic E-state index is 0.105. The Morgan fingerprint density at radius 2 is 2.05 bits per heavy atom. The van der Waals surface area contributed by atoms with Crippen LogP contribution >= 0.6 is 11.8 Å². The Hall–Kier alpha value is -1.03. The average molecular weight is 324 g/mol. The molecular weight excluding hydrogens is 304 g/mol. The Bertz CT molecular complexity index is 675. The zero-order valence-corrected chi connectivity index (χ0v) is 14.2. The van der Waals surface area contributed by atoms with E-state index in [1.54, 1.807) is 23.4 Å². The van der Waals surface area contributed by atoms with Crippen molar-refractivity contribution in [2.75, 3.05) is 18.8 Å². The first-order chi connectivity index (χ1) is 9.76. The van der Waals surface area contributed by atoms with Crippen molar-refractivity contribution in [3.05, 3.63) is 29.3 Å². The second-order valence-corrected chi connectivity index (χ2v) is 9.56. The minimum Gasteiger partial charge on any atom is -0.207 e. The molecule has 1 heterocycles. The van der Waals surface area contributed by atoms with Crippen LogP contribution in [0.2, 0.25) is 0 Å². The normalized spacial score (nSPS) is 19.7. The number of hydrogen-bond donors (Lipinski definition) is 0. The molecule has 1 aromatic carbocycles. The second-order valence-electron chi connectivity index (χ2n) is 5.85. The van der Waals surface area contributed by atoms with Crippen LogP contribution in [0.4, 0.5) is 0 Å². The quantitative estimate of drug-likeness (QED) is 0.839. The van der Waals surface area contributed by atoms with Crippen molar-refractivity contribution in [1.29, 1.82) is 5.26 Å². The van der Waals surface area contributed by atoms with E-state index in [1.165, 1.54) is 6.07 Å². The lowest BCUT2D eigenvalue weighted by Crippen LogP contribution is -2.34. The van der Waals surface area contributed by atoms with Gasteiger partial charge >= 0.3 is 0 Å². The fourth-order valence-corrected chi connectivity index (χ4v) is 5.24. The van der Waals surface area contributed by atoms with E-state index in [2.05, 4.69) is 13.8 Å². The molecule has 0 radical (unpaired) electrons. The van der Waals surface area contributed by atoms with Crippen LogP contribution in [0, 0.1) is 18.3 Å². The summed E-state index contributed by atoms with van der Waals surface area (Å²) in [5.41, 5.74) is 1.06. The monoisotopic (exact) mass is 324 g/mol. The minimum atomic E-state index is -3.53. The zero-order chi connectivity index (χ0) is 15.7. The summed E-state index contributed by atoms with van der Waals surface area (Å²) in [5.74, 6) is 0.795. The van der Waals surface area contributed by atoms with Crippen LogP contribution in [0.3, 0.4) is 0 Å². The Morgan fingerprint density at radius 1 is 1.33 bits per heavy atom. The lowest BCUT2D eigenvalue weighted by atomic mass is 10.1. The molecule has 0 aromatic heterocycles. The van der Waals surface area contributed by atoms with Gasteiger partial charge in [0.25, 0.3) is 0 Å². The van der Waals surface area contributed by atoms with E-state index < -0.39 is 10.0 Å². The summed E-state index contributed by atoms with van der Waals surface area (Å²) in [6.07, 6.45) is 0.827. The van der Waals surface area contributed by atoms with Gasteiger partial charge in [0.2, 0.25) is 10.0 Å². The SMILES string of the molecule is Cc1ccc(C#N)cc1S(=O)(=O)N1CCSC(C)(C)CC1. The lowest BCUT2D eigenvalue weighted by molar-refractivity contribution is 0.415. The summed E-state index contributed by atoms with van der Waals surface area (Å²) in [5, 5.41) is 8.98. The first-order valence-corrected chi connectivity index (χ1v) is 9.34. The molecule has 6 heteroatoms. The van der Waals surface area contributed by atoms with E-state index in [0.717, 1.165) is 12.2 Å². The molecule has 1 aliphatic rings. The molecular formula is C15H20N2O2S2. The van der Waals surface area contributed by atoms with E-state index in [0.29, 0.717) is 24.2 Å². The van der Waals surface area contributed by atoms with Crippen molar-refractivity contribution in [2.45, 2.75) is 36.8 Å². The maximum absolute atomic E-state index is 12.8. The molecule has 2 rings (SSSR count). The third-order valence-electron chi connectivity index (χ3n) is 3.73. The van der Waals surface area contributed by atoms with Crippen LogP contribution < -0.4 is 0 Å². The van der Waals surface area contributed by atoms with Gasteiger partial charge < -0.3 is 0 Å². The molecule has 0 unspecified atom stereocenters. The molecule has 1 fully saturated rings. The van der Waals surface area contributed by atoms with Crippen LogP contribution in [-0.4, -0.2) is 36.3 Å². The van der Waals surface area contributed by atoms with Gasteiger partial charge in [0.1, 0.15) is 0 Å². The van der Waals surface area contributed by atoms with E-state index in [4.69, 9.17) is 5.26 Å². The highest BCUT2D eigenvalue weighted by atomic mass is 32.2. The van der Waals surface area contributed by atoms with Gasteiger partial charge in [-0.05, 0) is 31.0 Å². The first kappa shape index (κ1) is 16.3. The number of nitrogens with zero attached hydrogens (tertiary/aromatic N) is 2. The van der Waals surface area contributed by atoms with Gasteiger partial charge in [0.15, 0.2) is 0 Å². The lowest BCUT2D eigenvalue weighted by Gasteiger charge is -2.23. The summed E-state index contributed by atoms with van der Waals surface area (Å²) in [6, 6.07) is 6.83. The van der Waals surface area contributed by atoms with Gasteiger partial charge in [-0.25, -0.2) is 8.42 Å². The van der Waals surface area contributed by atoms with Crippen molar-refractivity contribution in [1.82, 2.24) is 4.31 Å². The Kier molecular flexibility index (Phi) is 4.66. The highest BCUT2D eigenvalue weighted by Crippen LogP contribution is 2.33. The van der Waals surface area contributed by atoms with Crippen molar-refractivity contribution < 1.29 is 8.42 Å². The van der Waals surface area contributed by atoms with Crippen LogP contribution in [0.5, 0.6) is 0 Å². The number of benzene rings is 1. The predicted octanol–water partition coefficient (Wildman–Crippen LogP) is 2.77. The molecule has 114 valence electrons. The summed E-state index contributed by atoms with van der Waals surface area (Å²) in [4.78, 5) is 0.256. The molecule has 1 aliphatic heterocycles. The molecule has 0 saturated carbocycles. The molecule has 0 spiro atoms. The van der Waals surface area contributed by atoms with Gasteiger partial charge in [-0.3, -0.25) is 0 Å². The Labute approximate surface area is 131 Å². The summed E-state index contributed by atoms with van der Waals surface area (Å²) < 4.78 is 27.4. The van der Waals surface area contributed by atoms with Crippen molar-refractivity contribution in [3.63, 3.8) is 0 Å². The highest BCUT2D eigenvalue weighted by molar-refractivity contribution is 8.00. The van der Waals surface area contributed by atoms with E-state index in [9.17, 15) is 8.42 Å². The van der Waals surface area contributed by atoms with Crippen molar-refractivity contribution in [2.24, 2.45) is 0 Å². The fourth-order valence-electron chi connectivity index (χ4n) is 2.33. The number of rotatable bonds is 2. The maximum Gasteiger partial charge on any atom is 0.243 e. The molecule has 1 aromatic rings. The largest absolute Gasteiger partial charge is 0.243 e. The van der Waals surface area contributed by atoms with Crippen LogP contribution in [0.15, 0.2) is 23.1 Å². The van der Waals surface area contributed by atoms with E-state index >= 15 is 0 Å². The molecule has 4 nitrogen and oxygen atoms in total. The van der Waals surface area contributed by atoms with Gasteiger partial charge in [0, 0.05) is 23.6 Å².